The Bertz CT molecular complexity index is 584. The molecule has 2 aromatic carbocycles. The van der Waals surface area contributed by atoms with Crippen molar-refractivity contribution in [2.24, 2.45) is 5.10 Å². The zero-order valence-electron chi connectivity index (χ0n) is 9.98. The maximum Gasteiger partial charge on any atom is 0.129 e. The van der Waals surface area contributed by atoms with Crippen molar-refractivity contribution in [1.29, 1.82) is 0 Å². The zero-order valence-corrected chi connectivity index (χ0v) is 12.3. The van der Waals surface area contributed by atoms with Crippen molar-refractivity contribution < 1.29 is 5.11 Å². The fourth-order valence-electron chi connectivity index (χ4n) is 1.46. The fourth-order valence-corrected chi connectivity index (χ4v) is 1.99. The molecule has 2 rings (SSSR count). The minimum Gasteiger partial charge on any atom is -0.507 e. The normalized spacial score (nSPS) is 10.8. The maximum absolute atomic E-state index is 9.37. The van der Waals surface area contributed by atoms with Gasteiger partial charge in [0, 0.05) is 5.02 Å². The highest BCUT2D eigenvalue weighted by Gasteiger charge is 1.97. The van der Waals surface area contributed by atoms with Crippen molar-refractivity contribution in [2.75, 3.05) is 0 Å². The van der Waals surface area contributed by atoms with Crippen LogP contribution in [0.15, 0.2) is 52.0 Å². The van der Waals surface area contributed by atoms with Crippen LogP contribution in [0, 0.1) is 0 Å². The summed E-state index contributed by atoms with van der Waals surface area (Å²) in [6.07, 6.45) is 1.69. The van der Waals surface area contributed by atoms with Gasteiger partial charge in [0.05, 0.1) is 17.2 Å². The van der Waals surface area contributed by atoms with Gasteiger partial charge in [-0.1, -0.05) is 23.7 Å². The summed E-state index contributed by atoms with van der Waals surface area (Å²) in [5, 5.41) is 14.2. The van der Waals surface area contributed by atoms with Crippen LogP contribution in [0.4, 0.5) is 0 Å². The largest absolute Gasteiger partial charge is 0.507 e. The fraction of sp³-hybridized carbons (Fsp3) is 0.0714. The predicted molar refractivity (Wildman–Crippen MR) is 81.7 cm³/mol. The molecular weight excluding hydrogens is 328 g/mol. The van der Waals surface area contributed by atoms with E-state index in [0.29, 0.717) is 11.0 Å². The van der Waals surface area contributed by atoms with E-state index in [0.717, 1.165) is 16.1 Å². The summed E-state index contributed by atoms with van der Waals surface area (Å²) < 4.78 is 0.647. The molecule has 5 heteroatoms. The average molecular weight is 340 g/mol. The highest BCUT2D eigenvalue weighted by Crippen LogP contribution is 2.23. The standard InChI is InChI=1S/C14H12BrClN2O/c15-13-7-11(3-6-14(13)19)9-18-17-8-10-1-4-12(16)5-2-10/h1-7,9,17,19H,8H2/b18-9-. The van der Waals surface area contributed by atoms with Crippen molar-refractivity contribution in [1.82, 2.24) is 5.43 Å². The van der Waals surface area contributed by atoms with E-state index in [1.807, 2.05) is 24.3 Å². The number of nitrogens with one attached hydrogen (secondary N) is 1. The minimum atomic E-state index is 0.214. The van der Waals surface area contributed by atoms with E-state index in [4.69, 9.17) is 11.6 Å². The molecule has 2 aromatic rings. The van der Waals surface area contributed by atoms with Crippen LogP contribution >= 0.6 is 27.5 Å². The van der Waals surface area contributed by atoms with Gasteiger partial charge in [0.15, 0.2) is 0 Å². The van der Waals surface area contributed by atoms with Crippen molar-refractivity contribution >= 4 is 33.7 Å². The number of phenols is 1. The van der Waals surface area contributed by atoms with Gasteiger partial charge in [0.1, 0.15) is 5.75 Å². The lowest BCUT2D eigenvalue weighted by Crippen LogP contribution is -2.05. The SMILES string of the molecule is Oc1ccc(/C=N\NCc2ccc(Cl)cc2)cc1Br. The maximum atomic E-state index is 9.37. The predicted octanol–water partition coefficient (Wildman–Crippen LogP) is 3.93. The zero-order chi connectivity index (χ0) is 13.7. The number of aromatic hydroxyl groups is 1. The summed E-state index contributed by atoms with van der Waals surface area (Å²) in [7, 11) is 0. The van der Waals surface area contributed by atoms with Gasteiger partial charge < -0.3 is 10.5 Å². The molecule has 0 aromatic heterocycles. The number of hydrogen-bond acceptors (Lipinski definition) is 3. The number of hydrogen-bond donors (Lipinski definition) is 2. The molecule has 0 aliphatic rings. The van der Waals surface area contributed by atoms with Gasteiger partial charge in [-0.3, -0.25) is 0 Å². The van der Waals surface area contributed by atoms with Gasteiger partial charge in [-0.2, -0.15) is 5.10 Å². The first-order valence-electron chi connectivity index (χ1n) is 5.64. The highest BCUT2D eigenvalue weighted by atomic mass is 79.9. The number of benzene rings is 2. The summed E-state index contributed by atoms with van der Waals surface area (Å²) in [5.74, 6) is 0.214. The highest BCUT2D eigenvalue weighted by molar-refractivity contribution is 9.10. The van der Waals surface area contributed by atoms with Crippen molar-refractivity contribution in [3.63, 3.8) is 0 Å². The Morgan fingerprint density at radius 2 is 1.95 bits per heavy atom. The van der Waals surface area contributed by atoms with Crippen molar-refractivity contribution in [3.05, 3.63) is 63.1 Å². The molecule has 0 bridgehead atoms. The molecule has 98 valence electrons. The van der Waals surface area contributed by atoms with E-state index in [1.165, 1.54) is 0 Å². The van der Waals surface area contributed by atoms with Crippen LogP contribution in [0.5, 0.6) is 5.75 Å². The number of nitrogens with zero attached hydrogens (tertiary/aromatic N) is 1. The first-order valence-corrected chi connectivity index (χ1v) is 6.81. The molecule has 0 heterocycles. The molecule has 0 fully saturated rings. The van der Waals surface area contributed by atoms with E-state index in [9.17, 15) is 5.11 Å². The Kier molecular flexibility index (Phi) is 4.82. The van der Waals surface area contributed by atoms with Gasteiger partial charge in [-0.05, 0) is 57.4 Å². The molecule has 2 N–H and O–H groups in total. The lowest BCUT2D eigenvalue weighted by molar-refractivity contribution is 0.472. The summed E-state index contributed by atoms with van der Waals surface area (Å²) in [4.78, 5) is 0. The van der Waals surface area contributed by atoms with Crippen LogP contribution in [0.1, 0.15) is 11.1 Å². The van der Waals surface area contributed by atoms with Crippen LogP contribution in [0.3, 0.4) is 0 Å². The van der Waals surface area contributed by atoms with Crippen LogP contribution in [0.2, 0.25) is 5.02 Å². The number of hydrazone groups is 1. The lowest BCUT2D eigenvalue weighted by Gasteiger charge is -2.01. The molecule has 0 aliphatic carbocycles. The van der Waals surface area contributed by atoms with Gasteiger partial charge in [-0.15, -0.1) is 0 Å². The first kappa shape index (κ1) is 13.9. The van der Waals surface area contributed by atoms with Gasteiger partial charge in [-0.25, -0.2) is 0 Å². The van der Waals surface area contributed by atoms with E-state index in [2.05, 4.69) is 26.5 Å². The quantitative estimate of drug-likeness (QED) is 0.655. The topological polar surface area (TPSA) is 44.6 Å². The first-order chi connectivity index (χ1) is 9.15. The van der Waals surface area contributed by atoms with Crippen molar-refractivity contribution in [2.45, 2.75) is 6.54 Å². The molecule has 19 heavy (non-hydrogen) atoms. The minimum absolute atomic E-state index is 0.214. The van der Waals surface area contributed by atoms with Crippen LogP contribution < -0.4 is 5.43 Å². The number of halogens is 2. The molecule has 0 aliphatic heterocycles. The smallest absolute Gasteiger partial charge is 0.129 e. The Hall–Kier alpha value is -1.52. The van der Waals surface area contributed by atoms with E-state index in [1.54, 1.807) is 24.4 Å². The average Bonchev–Trinajstić information content (AvgIpc) is 2.41. The van der Waals surface area contributed by atoms with Crippen molar-refractivity contribution in [3.8, 4) is 5.75 Å². The Balaban J connectivity index is 1.89. The van der Waals surface area contributed by atoms with Gasteiger partial charge in [0.2, 0.25) is 0 Å². The molecule has 0 saturated carbocycles. The third-order valence-corrected chi connectivity index (χ3v) is 3.36. The number of phenolic OH excluding ortho intramolecular Hbond substituents is 1. The summed E-state index contributed by atoms with van der Waals surface area (Å²) in [5.41, 5.74) is 4.95. The third kappa shape index (κ3) is 4.26. The summed E-state index contributed by atoms with van der Waals surface area (Å²) in [6.45, 7) is 0.632. The summed E-state index contributed by atoms with van der Waals surface area (Å²) in [6, 6.07) is 12.8. The molecular formula is C14H12BrClN2O. The van der Waals surface area contributed by atoms with Crippen LogP contribution in [-0.2, 0) is 6.54 Å². The second-order valence-electron chi connectivity index (χ2n) is 3.93. The Morgan fingerprint density at radius 3 is 2.63 bits per heavy atom. The van der Waals surface area contributed by atoms with E-state index < -0.39 is 0 Å². The summed E-state index contributed by atoms with van der Waals surface area (Å²) >= 11 is 9.06. The molecule has 3 nitrogen and oxygen atoms in total. The van der Waals surface area contributed by atoms with E-state index >= 15 is 0 Å². The second kappa shape index (κ2) is 6.59. The molecule has 0 spiro atoms. The number of rotatable bonds is 4. The van der Waals surface area contributed by atoms with Gasteiger partial charge >= 0.3 is 0 Å². The molecule has 0 atom stereocenters. The Morgan fingerprint density at radius 1 is 1.21 bits per heavy atom. The monoisotopic (exact) mass is 338 g/mol. The second-order valence-corrected chi connectivity index (χ2v) is 5.22. The molecule has 0 radical (unpaired) electrons. The molecule has 0 saturated heterocycles. The Labute approximate surface area is 125 Å². The third-order valence-electron chi connectivity index (χ3n) is 2.47. The molecule has 0 amide bonds. The van der Waals surface area contributed by atoms with Crippen LogP contribution in [-0.4, -0.2) is 11.3 Å². The molecule has 0 unspecified atom stereocenters. The van der Waals surface area contributed by atoms with E-state index in [-0.39, 0.29) is 5.75 Å². The van der Waals surface area contributed by atoms with Gasteiger partial charge in [0.25, 0.3) is 0 Å². The lowest BCUT2D eigenvalue weighted by atomic mass is 10.2. The van der Waals surface area contributed by atoms with Crippen LogP contribution in [0.25, 0.3) is 0 Å².